The van der Waals surface area contributed by atoms with Gasteiger partial charge in [0.1, 0.15) is 0 Å². The maximum Gasteiger partial charge on any atom is 0.254 e. The number of amides is 1. The quantitative estimate of drug-likeness (QED) is 0.759. The molecule has 2 N–H and O–H groups in total. The second kappa shape index (κ2) is 4.11. The Morgan fingerprint density at radius 3 is 3.14 bits per heavy atom. The van der Waals surface area contributed by atoms with Gasteiger partial charge < -0.3 is 10.6 Å². The molecule has 0 aliphatic carbocycles. The molecule has 1 aliphatic rings. The van der Waals surface area contributed by atoms with Crippen molar-refractivity contribution >= 4 is 17.2 Å². The summed E-state index contributed by atoms with van der Waals surface area (Å²) >= 11 is 1.55. The van der Waals surface area contributed by atoms with Gasteiger partial charge in [-0.25, -0.2) is 0 Å². The van der Waals surface area contributed by atoms with Gasteiger partial charge in [-0.1, -0.05) is 0 Å². The Kier molecular flexibility index (Phi) is 2.84. The van der Waals surface area contributed by atoms with E-state index >= 15 is 0 Å². The number of carbonyl (C=O) groups is 1. The van der Waals surface area contributed by atoms with Crippen molar-refractivity contribution in [1.82, 2.24) is 4.90 Å². The van der Waals surface area contributed by atoms with Gasteiger partial charge in [-0.2, -0.15) is 11.3 Å². The maximum absolute atomic E-state index is 11.9. The molecule has 0 aromatic carbocycles. The summed E-state index contributed by atoms with van der Waals surface area (Å²) in [6.07, 6.45) is 2.06. The van der Waals surface area contributed by atoms with E-state index in [4.69, 9.17) is 5.73 Å². The molecule has 76 valence electrons. The molecule has 3 nitrogen and oxygen atoms in total. The van der Waals surface area contributed by atoms with Gasteiger partial charge in [-0.05, 0) is 24.3 Å². The number of rotatable bonds is 1. The molecule has 14 heavy (non-hydrogen) atoms. The van der Waals surface area contributed by atoms with Gasteiger partial charge in [-0.15, -0.1) is 0 Å². The molecule has 1 aromatic heterocycles. The minimum absolute atomic E-state index is 0.126. The molecule has 2 rings (SSSR count). The first kappa shape index (κ1) is 9.68. The van der Waals surface area contributed by atoms with E-state index in [2.05, 4.69) is 0 Å². The fraction of sp³-hybridized carbons (Fsp3) is 0.500. The highest BCUT2D eigenvalue weighted by atomic mass is 32.1. The van der Waals surface area contributed by atoms with Crippen LogP contribution >= 0.6 is 11.3 Å². The highest BCUT2D eigenvalue weighted by molar-refractivity contribution is 7.08. The number of thiophene rings is 1. The fourth-order valence-electron chi connectivity index (χ4n) is 1.76. The molecule has 0 bridgehead atoms. The summed E-state index contributed by atoms with van der Waals surface area (Å²) in [7, 11) is 0. The number of piperidine rings is 1. The summed E-state index contributed by atoms with van der Waals surface area (Å²) in [6.45, 7) is 1.55. The third-order valence-corrected chi connectivity index (χ3v) is 3.20. The zero-order valence-electron chi connectivity index (χ0n) is 7.98. The van der Waals surface area contributed by atoms with Gasteiger partial charge in [0.2, 0.25) is 0 Å². The molecular weight excluding hydrogens is 196 g/mol. The van der Waals surface area contributed by atoms with E-state index in [0.717, 1.165) is 24.9 Å². The smallest absolute Gasteiger partial charge is 0.254 e. The molecule has 1 aliphatic heterocycles. The number of hydrogen-bond donors (Lipinski definition) is 1. The van der Waals surface area contributed by atoms with E-state index in [1.807, 2.05) is 21.7 Å². The van der Waals surface area contributed by atoms with E-state index in [1.165, 1.54) is 0 Å². The molecular formula is C10H14N2OS. The van der Waals surface area contributed by atoms with Crippen LogP contribution in [-0.2, 0) is 0 Å². The minimum Gasteiger partial charge on any atom is -0.337 e. The average Bonchev–Trinajstić information content (AvgIpc) is 2.69. The number of carbonyl (C=O) groups excluding carboxylic acids is 1. The van der Waals surface area contributed by atoms with Gasteiger partial charge in [0.15, 0.2) is 0 Å². The van der Waals surface area contributed by atoms with Crippen molar-refractivity contribution in [1.29, 1.82) is 0 Å². The SMILES string of the molecule is N[C@H]1CCCN(C(=O)c2ccsc2)C1. The topological polar surface area (TPSA) is 46.3 Å². The van der Waals surface area contributed by atoms with Crippen LogP contribution in [0.3, 0.4) is 0 Å². The molecule has 2 heterocycles. The fourth-order valence-corrected chi connectivity index (χ4v) is 2.39. The van der Waals surface area contributed by atoms with Crippen LogP contribution in [0.5, 0.6) is 0 Å². The predicted octanol–water partition coefficient (Wildman–Crippen LogP) is 1.31. The summed E-state index contributed by atoms with van der Waals surface area (Å²) in [5.74, 6) is 0.126. The molecule has 0 saturated carbocycles. The van der Waals surface area contributed by atoms with Gasteiger partial charge in [-0.3, -0.25) is 4.79 Å². The van der Waals surface area contributed by atoms with Crippen molar-refractivity contribution in [2.45, 2.75) is 18.9 Å². The van der Waals surface area contributed by atoms with Crippen LogP contribution in [0, 0.1) is 0 Å². The van der Waals surface area contributed by atoms with Crippen LogP contribution in [0.2, 0.25) is 0 Å². The van der Waals surface area contributed by atoms with E-state index < -0.39 is 0 Å². The Bertz CT molecular complexity index is 310. The van der Waals surface area contributed by atoms with E-state index in [-0.39, 0.29) is 11.9 Å². The van der Waals surface area contributed by atoms with Gasteiger partial charge in [0.05, 0.1) is 5.56 Å². The van der Waals surface area contributed by atoms with E-state index in [0.29, 0.717) is 6.54 Å². The van der Waals surface area contributed by atoms with Gasteiger partial charge in [0.25, 0.3) is 5.91 Å². The number of nitrogens with two attached hydrogens (primary N) is 1. The highest BCUT2D eigenvalue weighted by Gasteiger charge is 2.22. The van der Waals surface area contributed by atoms with Crippen LogP contribution in [0.25, 0.3) is 0 Å². The standard InChI is InChI=1S/C10H14N2OS/c11-9-2-1-4-12(6-9)10(13)8-3-5-14-7-8/h3,5,7,9H,1-2,4,6,11H2/t9-/m0/s1. The Balaban J connectivity index is 2.04. The molecule has 0 radical (unpaired) electrons. The number of nitrogens with zero attached hydrogens (tertiary/aromatic N) is 1. The van der Waals surface area contributed by atoms with Crippen molar-refractivity contribution < 1.29 is 4.79 Å². The molecule has 0 unspecified atom stereocenters. The summed E-state index contributed by atoms with van der Waals surface area (Å²) in [4.78, 5) is 13.7. The Morgan fingerprint density at radius 2 is 2.50 bits per heavy atom. The summed E-state index contributed by atoms with van der Waals surface area (Å²) in [5, 5.41) is 3.82. The van der Waals surface area contributed by atoms with Crippen molar-refractivity contribution in [3.63, 3.8) is 0 Å². The van der Waals surface area contributed by atoms with Gasteiger partial charge in [0, 0.05) is 24.5 Å². The Morgan fingerprint density at radius 1 is 1.64 bits per heavy atom. The van der Waals surface area contributed by atoms with Crippen LogP contribution < -0.4 is 5.73 Å². The lowest BCUT2D eigenvalue weighted by Crippen LogP contribution is -2.45. The molecule has 1 atom stereocenters. The zero-order chi connectivity index (χ0) is 9.97. The lowest BCUT2D eigenvalue weighted by molar-refractivity contribution is 0.0709. The zero-order valence-corrected chi connectivity index (χ0v) is 8.80. The van der Waals surface area contributed by atoms with Crippen molar-refractivity contribution in [2.24, 2.45) is 5.73 Å². The summed E-state index contributed by atoms with van der Waals surface area (Å²) in [5.41, 5.74) is 6.62. The molecule has 1 saturated heterocycles. The van der Waals surface area contributed by atoms with E-state index in [9.17, 15) is 4.79 Å². The molecule has 0 spiro atoms. The van der Waals surface area contributed by atoms with Crippen LogP contribution in [0.4, 0.5) is 0 Å². The van der Waals surface area contributed by atoms with Crippen LogP contribution in [0.1, 0.15) is 23.2 Å². The minimum atomic E-state index is 0.126. The second-order valence-electron chi connectivity index (χ2n) is 3.67. The third-order valence-electron chi connectivity index (χ3n) is 2.51. The van der Waals surface area contributed by atoms with Crippen molar-refractivity contribution in [2.75, 3.05) is 13.1 Å². The summed E-state index contributed by atoms with van der Waals surface area (Å²) < 4.78 is 0. The third kappa shape index (κ3) is 1.96. The maximum atomic E-state index is 11.9. The number of likely N-dealkylation sites (tertiary alicyclic amines) is 1. The molecule has 1 amide bonds. The van der Waals surface area contributed by atoms with Crippen LogP contribution in [0.15, 0.2) is 16.8 Å². The average molecular weight is 210 g/mol. The number of hydrogen-bond acceptors (Lipinski definition) is 3. The van der Waals surface area contributed by atoms with Crippen LogP contribution in [-0.4, -0.2) is 29.9 Å². The normalized spacial score (nSPS) is 22.4. The van der Waals surface area contributed by atoms with Gasteiger partial charge >= 0.3 is 0 Å². The Labute approximate surface area is 87.5 Å². The lowest BCUT2D eigenvalue weighted by Gasteiger charge is -2.30. The van der Waals surface area contributed by atoms with Crippen molar-refractivity contribution in [3.05, 3.63) is 22.4 Å². The first-order valence-electron chi connectivity index (χ1n) is 4.84. The second-order valence-corrected chi connectivity index (χ2v) is 4.45. The largest absolute Gasteiger partial charge is 0.337 e. The first-order chi connectivity index (χ1) is 6.77. The van der Waals surface area contributed by atoms with E-state index in [1.54, 1.807) is 11.3 Å². The first-order valence-corrected chi connectivity index (χ1v) is 5.78. The Hall–Kier alpha value is -0.870. The summed E-state index contributed by atoms with van der Waals surface area (Å²) in [6, 6.07) is 2.03. The lowest BCUT2D eigenvalue weighted by atomic mass is 10.1. The molecule has 1 aromatic rings. The highest BCUT2D eigenvalue weighted by Crippen LogP contribution is 2.14. The predicted molar refractivity (Wildman–Crippen MR) is 57.4 cm³/mol. The molecule has 4 heteroatoms. The van der Waals surface area contributed by atoms with Crippen molar-refractivity contribution in [3.8, 4) is 0 Å². The monoisotopic (exact) mass is 210 g/mol. The molecule has 1 fully saturated rings.